The van der Waals surface area contributed by atoms with Crippen LogP contribution in [-0.2, 0) is 36.0 Å². The van der Waals surface area contributed by atoms with Crippen LogP contribution in [0.15, 0.2) is 23.0 Å². The number of nitro benzene ring substituents is 1. The van der Waals surface area contributed by atoms with Gasteiger partial charge in [0.2, 0.25) is 12.2 Å². The predicted molar refractivity (Wildman–Crippen MR) is 135 cm³/mol. The second-order valence-electron chi connectivity index (χ2n) is 9.57. The second kappa shape index (κ2) is 10.5. The van der Waals surface area contributed by atoms with Crippen LogP contribution in [0.3, 0.4) is 0 Å². The number of nitrogens with two attached hydrogens (primary N) is 1. The molecule has 1 aromatic carbocycles. The van der Waals surface area contributed by atoms with Crippen molar-refractivity contribution in [1.82, 2.24) is 4.90 Å². The zero-order chi connectivity index (χ0) is 31.4. The molecule has 18 nitrogen and oxygen atoms in total. The largest absolute Gasteiger partial charge is 0.508 e. The quantitative estimate of drug-likeness (QED) is 0.0491. The fourth-order valence-electron chi connectivity index (χ4n) is 5.63. The minimum absolute atomic E-state index is 0.125. The van der Waals surface area contributed by atoms with Crippen LogP contribution in [0.4, 0.5) is 11.4 Å². The van der Waals surface area contributed by atoms with Gasteiger partial charge >= 0.3 is 10.4 Å². The summed E-state index contributed by atoms with van der Waals surface area (Å²) in [7, 11) is -1.75. The number of nitro groups is 1. The summed E-state index contributed by atoms with van der Waals surface area (Å²) in [6.07, 6.45) is -0.313. The lowest BCUT2D eigenvalue weighted by molar-refractivity contribution is -0.385. The fraction of sp³-hybridized carbons (Fsp3) is 0.364. The third-order valence-electron chi connectivity index (χ3n) is 7.11. The van der Waals surface area contributed by atoms with E-state index in [4.69, 9.17) is 23.3 Å². The Hall–Kier alpha value is -4.43. The maximum Gasteiger partial charge on any atom is 0.394 e. The number of phenolic OH excluding ortho intramolecular Hbond substituents is 1. The Labute approximate surface area is 230 Å². The molecule has 2 unspecified atom stereocenters. The number of carbonyl (C=O) groups excluding carboxylic acids is 4. The Morgan fingerprint density at radius 3 is 2.27 bits per heavy atom. The van der Waals surface area contributed by atoms with E-state index in [1.807, 2.05) is 0 Å². The van der Waals surface area contributed by atoms with Crippen molar-refractivity contribution in [2.45, 2.75) is 24.5 Å². The first-order valence-corrected chi connectivity index (χ1v) is 12.8. The van der Waals surface area contributed by atoms with Crippen molar-refractivity contribution in [2.24, 2.45) is 17.6 Å². The van der Waals surface area contributed by atoms with E-state index >= 15 is 0 Å². The Bertz CT molecular complexity index is 1560. The summed E-state index contributed by atoms with van der Waals surface area (Å²) in [5, 5.41) is 57.8. The SMILES string of the molecule is CN(C)[C@@H]1C(=O)C(C(N)=O)=C(O)[C@@]2(O)C(=O)C3=C(O)c4c(O)c(NC=O)cc([N+](=O)[O-])c4CC3CC12.O=S(=O)(O)O. The first kappa shape index (κ1) is 31.1. The number of primary amides is 1. The molecule has 1 saturated carbocycles. The molecule has 41 heavy (non-hydrogen) atoms. The van der Waals surface area contributed by atoms with Crippen LogP contribution in [-0.4, -0.2) is 97.4 Å². The average molecular weight is 601 g/mol. The molecule has 9 N–H and O–H groups in total. The van der Waals surface area contributed by atoms with Crippen molar-refractivity contribution >= 4 is 51.4 Å². The molecule has 4 rings (SSSR count). The maximum atomic E-state index is 13.7. The van der Waals surface area contributed by atoms with Gasteiger partial charge in [0.1, 0.15) is 17.1 Å². The van der Waals surface area contributed by atoms with Crippen LogP contribution in [0, 0.1) is 22.0 Å². The number of ketones is 2. The highest BCUT2D eigenvalue weighted by Gasteiger charge is 2.64. The number of hydrogen-bond donors (Lipinski definition) is 8. The van der Waals surface area contributed by atoms with Gasteiger partial charge in [0.05, 0.1) is 22.2 Å². The highest BCUT2D eigenvalue weighted by atomic mass is 32.3. The lowest BCUT2D eigenvalue weighted by Crippen LogP contribution is -2.65. The molecule has 0 saturated heterocycles. The van der Waals surface area contributed by atoms with Gasteiger partial charge in [-0.2, -0.15) is 8.42 Å². The molecule has 1 fully saturated rings. The molecule has 1 aromatic rings. The summed E-state index contributed by atoms with van der Waals surface area (Å²) < 4.78 is 31.6. The van der Waals surface area contributed by atoms with Gasteiger partial charge in [0.15, 0.2) is 17.1 Å². The molecule has 19 heteroatoms. The molecule has 0 spiro atoms. The minimum atomic E-state index is -4.67. The van der Waals surface area contributed by atoms with Crippen molar-refractivity contribution < 1.29 is 62.1 Å². The van der Waals surface area contributed by atoms with Crippen LogP contribution >= 0.6 is 0 Å². The summed E-state index contributed by atoms with van der Waals surface area (Å²) in [5.74, 6) is -8.69. The molecule has 0 aromatic heterocycles. The van der Waals surface area contributed by atoms with Gasteiger partial charge < -0.3 is 31.5 Å². The predicted octanol–water partition coefficient (Wildman–Crippen LogP) is -1.21. The third-order valence-corrected chi connectivity index (χ3v) is 7.11. The van der Waals surface area contributed by atoms with Crippen LogP contribution in [0.25, 0.3) is 5.76 Å². The van der Waals surface area contributed by atoms with E-state index in [1.54, 1.807) is 0 Å². The number of anilines is 1. The topological polar surface area (TPSA) is 308 Å². The van der Waals surface area contributed by atoms with E-state index in [0.29, 0.717) is 0 Å². The molecular formula is C22H24N4O14S. The highest BCUT2D eigenvalue weighted by molar-refractivity contribution is 7.79. The van der Waals surface area contributed by atoms with Crippen LogP contribution in [0.1, 0.15) is 17.5 Å². The summed E-state index contributed by atoms with van der Waals surface area (Å²) >= 11 is 0. The van der Waals surface area contributed by atoms with E-state index in [-0.39, 0.29) is 24.8 Å². The van der Waals surface area contributed by atoms with Crippen LogP contribution in [0.2, 0.25) is 0 Å². The summed E-state index contributed by atoms with van der Waals surface area (Å²) in [6.45, 7) is 0. The molecule has 222 valence electrons. The van der Waals surface area contributed by atoms with E-state index in [1.165, 1.54) is 19.0 Å². The van der Waals surface area contributed by atoms with Crippen LogP contribution in [0.5, 0.6) is 5.75 Å². The molecule has 0 heterocycles. The molecule has 0 radical (unpaired) electrons. The first-order valence-electron chi connectivity index (χ1n) is 11.4. The molecule has 3 aliphatic carbocycles. The standard InChI is InChI=1S/C22H22N4O10.H2O4S/c1-25(2)15-9-4-7-3-8-11(26(35)36)5-10(24-6-27)16(28)13(8)17(29)12(7)19(31)22(9,34)20(32)14(18(15)30)21(23)33;1-5(2,3)4/h5-7,9,15,28-29,32,34H,3-4H2,1-2H3,(H2,23,33)(H,24,27);(H2,1,2,3,4)/t7?,9?,15-,22-;/m0./s1. The number of rotatable bonds is 5. The van der Waals surface area contributed by atoms with Crippen molar-refractivity contribution in [3.05, 3.63) is 44.2 Å². The number of Topliss-reactive ketones (excluding diaryl/α,β-unsaturated/α-hetero) is 2. The summed E-state index contributed by atoms with van der Waals surface area (Å²) in [6, 6.07) is -0.368. The van der Waals surface area contributed by atoms with Gasteiger partial charge in [-0.15, -0.1) is 0 Å². The van der Waals surface area contributed by atoms with Gasteiger partial charge in [-0.1, -0.05) is 0 Å². The van der Waals surface area contributed by atoms with E-state index in [9.17, 15) is 49.7 Å². The van der Waals surface area contributed by atoms with E-state index < -0.39 is 102 Å². The normalized spacial score (nSPS) is 25.5. The first-order chi connectivity index (χ1) is 18.8. The zero-order valence-electron chi connectivity index (χ0n) is 21.1. The van der Waals surface area contributed by atoms with Crippen LogP contribution < -0.4 is 11.1 Å². The number of benzene rings is 1. The number of aliphatic hydroxyl groups is 3. The molecule has 0 aliphatic heterocycles. The number of likely N-dealkylation sites (N-methyl/N-ethyl adjacent to an activating group) is 1. The highest BCUT2D eigenvalue weighted by Crippen LogP contribution is 2.54. The van der Waals surface area contributed by atoms with E-state index in [2.05, 4.69) is 5.32 Å². The molecule has 0 bridgehead atoms. The van der Waals surface area contributed by atoms with Crippen molar-refractivity contribution in [2.75, 3.05) is 19.4 Å². The average Bonchev–Trinajstić information content (AvgIpc) is 2.81. The number of aliphatic hydroxyl groups excluding tert-OH is 2. The number of fused-ring (bicyclic) bond motifs is 3. The number of amides is 2. The number of nitrogens with one attached hydrogen (secondary N) is 1. The number of hydrogen-bond acceptors (Lipinski definition) is 13. The number of carbonyl (C=O) groups is 4. The molecule has 2 amide bonds. The van der Waals surface area contributed by atoms with Crippen molar-refractivity contribution in [3.63, 3.8) is 0 Å². The van der Waals surface area contributed by atoms with Crippen molar-refractivity contribution in [1.29, 1.82) is 0 Å². The molecular weight excluding hydrogens is 576 g/mol. The fourth-order valence-corrected chi connectivity index (χ4v) is 5.63. The lowest BCUT2D eigenvalue weighted by atomic mass is 9.57. The minimum Gasteiger partial charge on any atom is -0.508 e. The monoisotopic (exact) mass is 600 g/mol. The maximum absolute atomic E-state index is 13.7. The summed E-state index contributed by atoms with van der Waals surface area (Å²) in [5.41, 5.74) is -0.561. The smallest absolute Gasteiger partial charge is 0.394 e. The Kier molecular flexibility index (Phi) is 7.98. The van der Waals surface area contributed by atoms with E-state index in [0.717, 1.165) is 6.07 Å². The molecule has 4 atom stereocenters. The number of nitrogens with zero attached hydrogens (tertiary/aromatic N) is 2. The van der Waals surface area contributed by atoms with Crippen molar-refractivity contribution in [3.8, 4) is 5.75 Å². The number of aromatic hydroxyl groups is 1. The van der Waals surface area contributed by atoms with Gasteiger partial charge in [0, 0.05) is 23.1 Å². The third kappa shape index (κ3) is 5.11. The van der Waals surface area contributed by atoms with Gasteiger partial charge in [-0.05, 0) is 32.9 Å². The second-order valence-corrected chi connectivity index (χ2v) is 10.5. The Morgan fingerprint density at radius 1 is 1.24 bits per heavy atom. The number of phenols is 1. The lowest BCUT2D eigenvalue weighted by Gasteiger charge is -2.50. The molecule has 3 aliphatic rings. The zero-order valence-corrected chi connectivity index (χ0v) is 21.9. The Morgan fingerprint density at radius 2 is 1.80 bits per heavy atom. The van der Waals surface area contributed by atoms with Gasteiger partial charge in [0.25, 0.3) is 11.6 Å². The van der Waals surface area contributed by atoms with Gasteiger partial charge in [-0.25, -0.2) is 0 Å². The van der Waals surface area contributed by atoms with Gasteiger partial charge in [-0.3, -0.25) is 43.3 Å². The Balaban J connectivity index is 0.000000850. The summed E-state index contributed by atoms with van der Waals surface area (Å²) in [4.78, 5) is 61.9.